The molecule has 3 heteroatoms. The molecule has 0 atom stereocenters. The van der Waals surface area contributed by atoms with Gasteiger partial charge in [0.15, 0.2) is 0 Å². The third-order valence-electron chi connectivity index (χ3n) is 2.49. The van der Waals surface area contributed by atoms with Gasteiger partial charge in [0.25, 0.3) is 0 Å². The summed E-state index contributed by atoms with van der Waals surface area (Å²) in [6.45, 7) is 9.03. The highest BCUT2D eigenvalue weighted by atomic mass is 16.1. The SMILES string of the molecule is CC.CC.CN1CCc2cc(C(N)=O)ccc21. The molecule has 0 fully saturated rings. The van der Waals surface area contributed by atoms with Crippen molar-refractivity contribution >= 4 is 11.6 Å². The first kappa shape index (κ1) is 15.5. The van der Waals surface area contributed by atoms with Crippen molar-refractivity contribution < 1.29 is 4.79 Å². The molecular weight excluding hydrogens is 212 g/mol. The first-order valence-electron chi connectivity index (χ1n) is 6.32. The Morgan fingerprint density at radius 3 is 2.35 bits per heavy atom. The Balaban J connectivity index is 0.000000581. The molecule has 1 aromatic carbocycles. The van der Waals surface area contributed by atoms with Gasteiger partial charge < -0.3 is 10.6 Å². The number of fused-ring (bicyclic) bond motifs is 1. The van der Waals surface area contributed by atoms with Crippen molar-refractivity contribution in [2.75, 3.05) is 18.5 Å². The average molecular weight is 236 g/mol. The number of likely N-dealkylation sites (N-methyl/N-ethyl adjacent to an activating group) is 1. The quantitative estimate of drug-likeness (QED) is 0.815. The third-order valence-corrected chi connectivity index (χ3v) is 2.49. The summed E-state index contributed by atoms with van der Waals surface area (Å²) in [4.78, 5) is 13.1. The lowest BCUT2D eigenvalue weighted by Gasteiger charge is -2.11. The first-order chi connectivity index (χ1) is 8.18. The van der Waals surface area contributed by atoms with E-state index in [4.69, 9.17) is 5.73 Å². The molecule has 0 bridgehead atoms. The highest BCUT2D eigenvalue weighted by Crippen LogP contribution is 2.26. The molecule has 0 unspecified atom stereocenters. The maximum Gasteiger partial charge on any atom is 0.248 e. The first-order valence-corrected chi connectivity index (χ1v) is 6.32. The molecule has 1 aliphatic rings. The molecule has 0 spiro atoms. The van der Waals surface area contributed by atoms with Crippen LogP contribution < -0.4 is 10.6 Å². The van der Waals surface area contributed by atoms with Crippen molar-refractivity contribution in [1.29, 1.82) is 0 Å². The Morgan fingerprint density at radius 1 is 1.24 bits per heavy atom. The van der Waals surface area contributed by atoms with E-state index >= 15 is 0 Å². The number of primary amides is 1. The molecule has 1 heterocycles. The molecule has 0 aromatic heterocycles. The van der Waals surface area contributed by atoms with Gasteiger partial charge in [-0.3, -0.25) is 4.79 Å². The van der Waals surface area contributed by atoms with Crippen LogP contribution in [-0.2, 0) is 6.42 Å². The minimum absolute atomic E-state index is 0.350. The Labute approximate surface area is 105 Å². The number of benzene rings is 1. The molecule has 0 aliphatic carbocycles. The largest absolute Gasteiger partial charge is 0.374 e. The number of nitrogens with zero attached hydrogens (tertiary/aromatic N) is 1. The summed E-state index contributed by atoms with van der Waals surface area (Å²) < 4.78 is 0. The van der Waals surface area contributed by atoms with Crippen LogP contribution in [0.4, 0.5) is 5.69 Å². The smallest absolute Gasteiger partial charge is 0.248 e. The molecule has 17 heavy (non-hydrogen) atoms. The van der Waals surface area contributed by atoms with E-state index in [0.717, 1.165) is 13.0 Å². The average Bonchev–Trinajstić information content (AvgIpc) is 2.75. The minimum atomic E-state index is -0.350. The molecule has 0 saturated heterocycles. The third kappa shape index (κ3) is 3.77. The molecule has 1 aliphatic heterocycles. The summed E-state index contributed by atoms with van der Waals surface area (Å²) in [6.07, 6.45) is 1.01. The van der Waals surface area contributed by atoms with E-state index in [-0.39, 0.29) is 5.91 Å². The lowest BCUT2D eigenvalue weighted by molar-refractivity contribution is 0.1000. The van der Waals surface area contributed by atoms with Gasteiger partial charge in [-0.25, -0.2) is 0 Å². The Bertz CT molecular complexity index is 361. The fourth-order valence-corrected chi connectivity index (χ4v) is 1.72. The second-order valence-electron chi connectivity index (χ2n) is 3.38. The zero-order chi connectivity index (χ0) is 13.4. The van der Waals surface area contributed by atoms with Crippen molar-refractivity contribution in [3.05, 3.63) is 29.3 Å². The second-order valence-corrected chi connectivity index (χ2v) is 3.38. The van der Waals surface area contributed by atoms with Crippen LogP contribution in [0.2, 0.25) is 0 Å². The maximum absolute atomic E-state index is 10.9. The second kappa shape index (κ2) is 7.71. The van der Waals surface area contributed by atoms with Crippen LogP contribution >= 0.6 is 0 Å². The van der Waals surface area contributed by atoms with Crippen LogP contribution in [0.5, 0.6) is 0 Å². The molecule has 2 rings (SSSR count). The summed E-state index contributed by atoms with van der Waals surface area (Å²) in [5.41, 5.74) is 8.23. The van der Waals surface area contributed by atoms with E-state index in [2.05, 4.69) is 11.9 Å². The lowest BCUT2D eigenvalue weighted by Crippen LogP contribution is -2.13. The van der Waals surface area contributed by atoms with Crippen LogP contribution in [0.25, 0.3) is 0 Å². The van der Waals surface area contributed by atoms with Crippen LogP contribution in [0.15, 0.2) is 18.2 Å². The van der Waals surface area contributed by atoms with E-state index in [1.165, 1.54) is 11.3 Å². The summed E-state index contributed by atoms with van der Waals surface area (Å²) in [6, 6.07) is 5.63. The Kier molecular flexibility index (Phi) is 7.03. The number of hydrogen-bond donors (Lipinski definition) is 1. The van der Waals surface area contributed by atoms with Crippen molar-refractivity contribution in [3.63, 3.8) is 0 Å². The van der Waals surface area contributed by atoms with E-state index in [1.807, 2.05) is 39.8 Å². The fraction of sp³-hybridized carbons (Fsp3) is 0.500. The maximum atomic E-state index is 10.9. The van der Waals surface area contributed by atoms with Gasteiger partial charge in [-0.1, -0.05) is 27.7 Å². The molecule has 0 saturated carbocycles. The summed E-state index contributed by atoms with van der Waals surface area (Å²) in [7, 11) is 2.05. The topological polar surface area (TPSA) is 46.3 Å². The zero-order valence-corrected chi connectivity index (χ0v) is 11.6. The molecule has 3 nitrogen and oxygen atoms in total. The monoisotopic (exact) mass is 236 g/mol. The number of carbonyl (C=O) groups excluding carboxylic acids is 1. The van der Waals surface area contributed by atoms with Gasteiger partial charge in [0.05, 0.1) is 0 Å². The van der Waals surface area contributed by atoms with E-state index < -0.39 is 0 Å². The van der Waals surface area contributed by atoms with Gasteiger partial charge in [-0.15, -0.1) is 0 Å². The molecule has 1 aromatic rings. The zero-order valence-electron chi connectivity index (χ0n) is 11.6. The fourth-order valence-electron chi connectivity index (χ4n) is 1.72. The van der Waals surface area contributed by atoms with Crippen LogP contribution in [0.3, 0.4) is 0 Å². The summed E-state index contributed by atoms with van der Waals surface area (Å²) >= 11 is 0. The highest BCUT2D eigenvalue weighted by Gasteiger charge is 2.16. The predicted octanol–water partition coefficient (Wildman–Crippen LogP) is 2.83. The summed E-state index contributed by atoms with van der Waals surface area (Å²) in [5.74, 6) is -0.350. The molecule has 0 radical (unpaired) electrons. The molecule has 2 N–H and O–H groups in total. The standard InChI is InChI=1S/C10H12N2O.2C2H6/c1-12-5-4-7-6-8(10(11)13)2-3-9(7)12;2*1-2/h2-3,6H,4-5H2,1H3,(H2,11,13);2*1-2H3. The Morgan fingerprint density at radius 2 is 1.82 bits per heavy atom. The summed E-state index contributed by atoms with van der Waals surface area (Å²) in [5, 5.41) is 0. The number of anilines is 1. The Hall–Kier alpha value is -1.51. The van der Waals surface area contributed by atoms with Gasteiger partial charge in [-0.05, 0) is 30.2 Å². The van der Waals surface area contributed by atoms with Crippen LogP contribution in [0, 0.1) is 0 Å². The van der Waals surface area contributed by atoms with Gasteiger partial charge in [0.2, 0.25) is 5.91 Å². The number of nitrogens with two attached hydrogens (primary N) is 1. The predicted molar refractivity (Wildman–Crippen MR) is 74.6 cm³/mol. The normalized spacial score (nSPS) is 11.7. The van der Waals surface area contributed by atoms with E-state index in [1.54, 1.807) is 6.07 Å². The van der Waals surface area contributed by atoms with Gasteiger partial charge >= 0.3 is 0 Å². The minimum Gasteiger partial charge on any atom is -0.374 e. The van der Waals surface area contributed by atoms with Crippen LogP contribution in [-0.4, -0.2) is 19.5 Å². The lowest BCUT2D eigenvalue weighted by atomic mass is 10.1. The highest BCUT2D eigenvalue weighted by molar-refractivity contribution is 5.93. The van der Waals surface area contributed by atoms with Crippen LogP contribution in [0.1, 0.15) is 43.6 Å². The van der Waals surface area contributed by atoms with Crippen molar-refractivity contribution in [2.24, 2.45) is 5.73 Å². The molecular formula is C14H24N2O. The molecule has 1 amide bonds. The van der Waals surface area contributed by atoms with Gasteiger partial charge in [0.1, 0.15) is 0 Å². The number of hydrogen-bond acceptors (Lipinski definition) is 2. The number of amides is 1. The van der Waals surface area contributed by atoms with Crippen molar-refractivity contribution in [3.8, 4) is 0 Å². The number of carbonyl (C=O) groups is 1. The van der Waals surface area contributed by atoms with E-state index in [9.17, 15) is 4.79 Å². The van der Waals surface area contributed by atoms with Gasteiger partial charge in [-0.2, -0.15) is 0 Å². The number of rotatable bonds is 1. The molecule has 96 valence electrons. The van der Waals surface area contributed by atoms with Gasteiger partial charge in [0, 0.05) is 24.8 Å². The van der Waals surface area contributed by atoms with E-state index in [0.29, 0.717) is 5.56 Å². The van der Waals surface area contributed by atoms with Crippen molar-refractivity contribution in [2.45, 2.75) is 34.1 Å². The van der Waals surface area contributed by atoms with Crippen molar-refractivity contribution in [1.82, 2.24) is 0 Å².